The third-order valence-electron chi connectivity index (χ3n) is 3.29. The summed E-state index contributed by atoms with van der Waals surface area (Å²) in [6, 6.07) is 0. The van der Waals surface area contributed by atoms with Crippen molar-refractivity contribution >= 4 is 11.9 Å². The fraction of sp³-hybridized carbons (Fsp3) is 0.833. The lowest BCUT2D eigenvalue weighted by Gasteiger charge is -2.29. The maximum absolute atomic E-state index is 12.0. The van der Waals surface area contributed by atoms with E-state index in [2.05, 4.69) is 0 Å². The number of aliphatic hydroxyl groups is 1. The average Bonchev–Trinajstić information content (AvgIpc) is 2.27. The molecule has 1 saturated carbocycles. The van der Waals surface area contributed by atoms with Crippen LogP contribution in [0.3, 0.4) is 0 Å². The summed E-state index contributed by atoms with van der Waals surface area (Å²) in [5, 5.41) is 18.2. The van der Waals surface area contributed by atoms with Crippen molar-refractivity contribution in [2.24, 2.45) is 11.8 Å². The van der Waals surface area contributed by atoms with Gasteiger partial charge in [-0.05, 0) is 26.2 Å². The molecule has 0 spiro atoms. The van der Waals surface area contributed by atoms with Crippen LogP contribution in [0.1, 0.15) is 32.6 Å². The van der Waals surface area contributed by atoms with E-state index >= 15 is 0 Å². The lowest BCUT2D eigenvalue weighted by molar-refractivity contribution is -0.145. The number of hydrogen-bond donors (Lipinski definition) is 2. The van der Waals surface area contributed by atoms with Crippen LogP contribution in [0.4, 0.5) is 0 Å². The Balaban J connectivity index is 2.54. The van der Waals surface area contributed by atoms with Crippen molar-refractivity contribution in [3.63, 3.8) is 0 Å². The Morgan fingerprint density at radius 3 is 2.47 bits per heavy atom. The quantitative estimate of drug-likeness (QED) is 0.762. The first-order valence-electron chi connectivity index (χ1n) is 6.07. The topological polar surface area (TPSA) is 77.8 Å². The maximum Gasteiger partial charge on any atom is 0.306 e. The molecule has 1 fully saturated rings. The van der Waals surface area contributed by atoms with Crippen molar-refractivity contribution in [3.05, 3.63) is 0 Å². The Bertz CT molecular complexity index is 290. The molecule has 0 aromatic carbocycles. The maximum atomic E-state index is 12.0. The summed E-state index contributed by atoms with van der Waals surface area (Å²) in [5.41, 5.74) is 0. The minimum absolute atomic E-state index is 0.0446. The highest BCUT2D eigenvalue weighted by atomic mass is 16.4. The van der Waals surface area contributed by atoms with Gasteiger partial charge in [0.1, 0.15) is 0 Å². The lowest BCUT2D eigenvalue weighted by Crippen LogP contribution is -2.39. The van der Waals surface area contributed by atoms with Crippen molar-refractivity contribution in [2.75, 3.05) is 13.6 Å². The number of nitrogens with zero attached hydrogens (tertiary/aromatic N) is 1. The molecule has 1 amide bonds. The number of likely N-dealkylation sites (N-methyl/N-ethyl adjacent to an activating group) is 1. The van der Waals surface area contributed by atoms with Gasteiger partial charge < -0.3 is 15.1 Å². The fourth-order valence-electron chi connectivity index (χ4n) is 2.44. The van der Waals surface area contributed by atoms with Crippen LogP contribution in [-0.4, -0.2) is 46.7 Å². The van der Waals surface area contributed by atoms with E-state index in [4.69, 9.17) is 5.11 Å². The van der Waals surface area contributed by atoms with Crippen LogP contribution in [0.25, 0.3) is 0 Å². The lowest BCUT2D eigenvalue weighted by atomic mass is 9.81. The van der Waals surface area contributed by atoms with Gasteiger partial charge in [0.25, 0.3) is 0 Å². The summed E-state index contributed by atoms with van der Waals surface area (Å²) >= 11 is 0. The Labute approximate surface area is 101 Å². The monoisotopic (exact) mass is 243 g/mol. The number of amides is 1. The first-order chi connectivity index (χ1) is 7.91. The van der Waals surface area contributed by atoms with Gasteiger partial charge in [-0.25, -0.2) is 0 Å². The van der Waals surface area contributed by atoms with Crippen LogP contribution in [-0.2, 0) is 9.59 Å². The zero-order chi connectivity index (χ0) is 13.0. The van der Waals surface area contributed by atoms with Gasteiger partial charge in [-0.2, -0.15) is 0 Å². The molecule has 5 nitrogen and oxygen atoms in total. The van der Waals surface area contributed by atoms with E-state index in [1.807, 2.05) is 0 Å². The van der Waals surface area contributed by atoms with Gasteiger partial charge in [0.05, 0.1) is 12.0 Å². The number of hydrogen-bond acceptors (Lipinski definition) is 3. The molecule has 0 radical (unpaired) electrons. The van der Waals surface area contributed by atoms with Gasteiger partial charge in [-0.1, -0.05) is 6.42 Å². The molecule has 1 aliphatic rings. The first kappa shape index (κ1) is 14.0. The smallest absolute Gasteiger partial charge is 0.306 e. The number of carbonyl (C=O) groups is 2. The standard InChI is InChI=1S/C12H21NO4/c1-8(14)7-13(2)11(15)9-4-3-5-10(6-9)12(16)17/h8-10,14H,3-7H2,1-2H3,(H,16,17). The molecule has 3 unspecified atom stereocenters. The van der Waals surface area contributed by atoms with Gasteiger partial charge in [-0.15, -0.1) is 0 Å². The minimum Gasteiger partial charge on any atom is -0.481 e. The van der Waals surface area contributed by atoms with Crippen molar-refractivity contribution < 1.29 is 19.8 Å². The molecule has 1 rings (SSSR count). The highest BCUT2D eigenvalue weighted by Gasteiger charge is 2.32. The molecule has 5 heteroatoms. The number of aliphatic hydroxyl groups excluding tert-OH is 1. The van der Waals surface area contributed by atoms with E-state index < -0.39 is 18.0 Å². The van der Waals surface area contributed by atoms with Crippen molar-refractivity contribution in [2.45, 2.75) is 38.7 Å². The second kappa shape index (κ2) is 6.00. The molecule has 98 valence electrons. The Morgan fingerprint density at radius 2 is 1.94 bits per heavy atom. The summed E-state index contributed by atoms with van der Waals surface area (Å²) in [6.45, 7) is 1.93. The molecule has 0 aromatic rings. The Hall–Kier alpha value is -1.10. The molecule has 3 atom stereocenters. The highest BCUT2D eigenvalue weighted by Crippen LogP contribution is 2.30. The summed E-state index contributed by atoms with van der Waals surface area (Å²) in [4.78, 5) is 24.4. The van der Waals surface area contributed by atoms with E-state index in [1.54, 1.807) is 14.0 Å². The SMILES string of the molecule is CC(O)CN(C)C(=O)C1CCCC(C(=O)O)C1. The van der Waals surface area contributed by atoms with Crippen LogP contribution in [0, 0.1) is 11.8 Å². The second-order valence-electron chi connectivity index (χ2n) is 4.97. The number of rotatable bonds is 4. The van der Waals surface area contributed by atoms with Crippen LogP contribution >= 0.6 is 0 Å². The number of aliphatic carboxylic acids is 1. The van der Waals surface area contributed by atoms with E-state index in [0.29, 0.717) is 19.4 Å². The number of carboxylic acid groups (broad SMARTS) is 1. The molecule has 0 saturated heterocycles. The molecule has 17 heavy (non-hydrogen) atoms. The first-order valence-corrected chi connectivity index (χ1v) is 6.07. The summed E-state index contributed by atoms with van der Waals surface area (Å²) < 4.78 is 0. The zero-order valence-electron chi connectivity index (χ0n) is 10.4. The average molecular weight is 243 g/mol. The second-order valence-corrected chi connectivity index (χ2v) is 4.97. The van der Waals surface area contributed by atoms with E-state index in [0.717, 1.165) is 12.8 Å². The molecular formula is C12H21NO4. The van der Waals surface area contributed by atoms with Crippen molar-refractivity contribution in [3.8, 4) is 0 Å². The molecule has 0 aliphatic heterocycles. The fourth-order valence-corrected chi connectivity index (χ4v) is 2.44. The van der Waals surface area contributed by atoms with Crippen molar-refractivity contribution in [1.82, 2.24) is 4.90 Å². The normalized spacial score (nSPS) is 26.3. The van der Waals surface area contributed by atoms with Gasteiger partial charge in [-0.3, -0.25) is 9.59 Å². The molecule has 1 aliphatic carbocycles. The van der Waals surface area contributed by atoms with Gasteiger partial charge in [0.2, 0.25) is 5.91 Å². The molecule has 2 N–H and O–H groups in total. The highest BCUT2D eigenvalue weighted by molar-refractivity contribution is 5.80. The Morgan fingerprint density at radius 1 is 1.35 bits per heavy atom. The molecule has 0 bridgehead atoms. The zero-order valence-corrected chi connectivity index (χ0v) is 10.4. The van der Waals surface area contributed by atoms with E-state index in [-0.39, 0.29) is 11.8 Å². The van der Waals surface area contributed by atoms with Crippen LogP contribution < -0.4 is 0 Å². The third-order valence-corrected chi connectivity index (χ3v) is 3.29. The number of carboxylic acids is 1. The molecule has 0 aromatic heterocycles. The van der Waals surface area contributed by atoms with Gasteiger partial charge in [0, 0.05) is 19.5 Å². The van der Waals surface area contributed by atoms with E-state index in [9.17, 15) is 14.7 Å². The van der Waals surface area contributed by atoms with Gasteiger partial charge >= 0.3 is 5.97 Å². The molecule has 0 heterocycles. The summed E-state index contributed by atoms with van der Waals surface area (Å²) in [7, 11) is 1.65. The van der Waals surface area contributed by atoms with Crippen molar-refractivity contribution in [1.29, 1.82) is 0 Å². The molecular weight excluding hydrogens is 222 g/mol. The minimum atomic E-state index is -0.805. The van der Waals surface area contributed by atoms with Crippen LogP contribution in [0.2, 0.25) is 0 Å². The summed E-state index contributed by atoms with van der Waals surface area (Å²) in [5.74, 6) is -1.44. The largest absolute Gasteiger partial charge is 0.481 e. The summed E-state index contributed by atoms with van der Waals surface area (Å²) in [6.07, 6.45) is 2.09. The number of carbonyl (C=O) groups excluding carboxylic acids is 1. The van der Waals surface area contributed by atoms with Crippen LogP contribution in [0.15, 0.2) is 0 Å². The van der Waals surface area contributed by atoms with Crippen LogP contribution in [0.5, 0.6) is 0 Å². The van der Waals surface area contributed by atoms with E-state index in [1.165, 1.54) is 4.90 Å². The predicted octanol–water partition coefficient (Wildman–Crippen LogP) is 0.717. The van der Waals surface area contributed by atoms with Gasteiger partial charge in [0.15, 0.2) is 0 Å². The third kappa shape index (κ3) is 4.00. The Kier molecular flexibility index (Phi) is 4.93. The predicted molar refractivity (Wildman–Crippen MR) is 62.4 cm³/mol.